The highest BCUT2D eigenvalue weighted by Gasteiger charge is 2.07. The lowest BCUT2D eigenvalue weighted by Crippen LogP contribution is -2.11. The van der Waals surface area contributed by atoms with Crippen molar-refractivity contribution in [3.63, 3.8) is 0 Å². The molecule has 0 radical (unpaired) electrons. The monoisotopic (exact) mass is 236 g/mol. The normalized spacial score (nSPS) is 10.7. The van der Waals surface area contributed by atoms with Gasteiger partial charge in [-0.05, 0) is 19.1 Å². The SMILES string of the molecule is Cc1ccc2[nH]c(=O)nc(-c3ccccc3)c2c1. The van der Waals surface area contributed by atoms with Crippen LogP contribution in [-0.2, 0) is 0 Å². The molecule has 0 saturated carbocycles. The zero-order valence-corrected chi connectivity index (χ0v) is 9.97. The second kappa shape index (κ2) is 4.11. The fourth-order valence-corrected chi connectivity index (χ4v) is 2.08. The first kappa shape index (κ1) is 10.7. The van der Waals surface area contributed by atoms with E-state index >= 15 is 0 Å². The van der Waals surface area contributed by atoms with Gasteiger partial charge in [0.2, 0.25) is 0 Å². The molecule has 88 valence electrons. The lowest BCUT2D eigenvalue weighted by atomic mass is 10.1. The highest BCUT2D eigenvalue weighted by molar-refractivity contribution is 5.92. The molecular formula is C15H12N2O. The Hall–Kier alpha value is -2.42. The van der Waals surface area contributed by atoms with Crippen molar-refractivity contribution < 1.29 is 0 Å². The van der Waals surface area contributed by atoms with Gasteiger partial charge in [0.15, 0.2) is 0 Å². The van der Waals surface area contributed by atoms with Crippen molar-refractivity contribution in [1.29, 1.82) is 0 Å². The summed E-state index contributed by atoms with van der Waals surface area (Å²) in [5, 5.41) is 0.973. The summed E-state index contributed by atoms with van der Waals surface area (Å²) in [5.74, 6) is 0. The summed E-state index contributed by atoms with van der Waals surface area (Å²) in [4.78, 5) is 18.5. The molecular weight excluding hydrogens is 224 g/mol. The molecule has 1 heterocycles. The fourth-order valence-electron chi connectivity index (χ4n) is 2.08. The zero-order valence-electron chi connectivity index (χ0n) is 9.97. The molecule has 1 aromatic heterocycles. The minimum atomic E-state index is -0.315. The second-order valence-corrected chi connectivity index (χ2v) is 4.31. The standard InChI is InChI=1S/C15H12N2O/c1-10-7-8-13-12(9-10)14(17-15(18)16-13)11-5-3-2-4-6-11/h2-9H,1H3,(H,16,17,18). The van der Waals surface area contributed by atoms with Gasteiger partial charge < -0.3 is 4.98 Å². The van der Waals surface area contributed by atoms with Gasteiger partial charge in [-0.1, -0.05) is 42.0 Å². The van der Waals surface area contributed by atoms with E-state index in [0.29, 0.717) is 0 Å². The molecule has 0 spiro atoms. The number of hydrogen-bond donors (Lipinski definition) is 1. The van der Waals surface area contributed by atoms with Crippen LogP contribution in [0.15, 0.2) is 53.3 Å². The Labute approximate surface area is 104 Å². The van der Waals surface area contributed by atoms with Crippen LogP contribution >= 0.6 is 0 Å². The molecule has 3 rings (SSSR count). The minimum Gasteiger partial charge on any atom is -0.305 e. The van der Waals surface area contributed by atoms with Crippen molar-refractivity contribution >= 4 is 10.9 Å². The highest BCUT2D eigenvalue weighted by Crippen LogP contribution is 2.24. The van der Waals surface area contributed by atoms with Gasteiger partial charge in [0.1, 0.15) is 0 Å². The van der Waals surface area contributed by atoms with Crippen molar-refractivity contribution in [2.45, 2.75) is 6.92 Å². The maximum Gasteiger partial charge on any atom is 0.345 e. The quantitative estimate of drug-likeness (QED) is 0.706. The van der Waals surface area contributed by atoms with E-state index < -0.39 is 0 Å². The summed E-state index contributed by atoms with van der Waals surface area (Å²) >= 11 is 0. The molecule has 2 aromatic carbocycles. The molecule has 0 unspecified atom stereocenters. The van der Waals surface area contributed by atoms with Gasteiger partial charge in [0.25, 0.3) is 0 Å². The number of aromatic amines is 1. The Kier molecular flexibility index (Phi) is 2.45. The Morgan fingerprint density at radius 3 is 2.61 bits per heavy atom. The van der Waals surface area contributed by atoms with Crippen LogP contribution in [0.25, 0.3) is 22.2 Å². The van der Waals surface area contributed by atoms with Crippen molar-refractivity contribution in [3.05, 3.63) is 64.6 Å². The van der Waals surface area contributed by atoms with Crippen LogP contribution < -0.4 is 5.69 Å². The summed E-state index contributed by atoms with van der Waals surface area (Å²) in [7, 11) is 0. The van der Waals surface area contributed by atoms with E-state index in [9.17, 15) is 4.79 Å². The molecule has 0 atom stereocenters. The van der Waals surface area contributed by atoms with Gasteiger partial charge in [-0.3, -0.25) is 0 Å². The number of nitrogens with one attached hydrogen (secondary N) is 1. The van der Waals surface area contributed by atoms with Crippen LogP contribution in [-0.4, -0.2) is 9.97 Å². The third kappa shape index (κ3) is 1.80. The average Bonchev–Trinajstić information content (AvgIpc) is 2.39. The molecule has 0 aliphatic heterocycles. The number of fused-ring (bicyclic) bond motifs is 1. The number of aryl methyl sites for hydroxylation is 1. The van der Waals surface area contributed by atoms with Gasteiger partial charge >= 0.3 is 5.69 Å². The Balaban J connectivity index is 2.41. The molecule has 0 amide bonds. The van der Waals surface area contributed by atoms with E-state index in [1.165, 1.54) is 0 Å². The van der Waals surface area contributed by atoms with E-state index in [0.717, 1.165) is 27.7 Å². The van der Waals surface area contributed by atoms with E-state index in [-0.39, 0.29) is 5.69 Å². The van der Waals surface area contributed by atoms with Gasteiger partial charge in [-0.15, -0.1) is 0 Å². The Bertz CT molecular complexity index is 760. The largest absolute Gasteiger partial charge is 0.345 e. The molecule has 0 aliphatic rings. The molecule has 0 fully saturated rings. The number of rotatable bonds is 1. The third-order valence-corrected chi connectivity index (χ3v) is 2.93. The smallest absolute Gasteiger partial charge is 0.305 e. The summed E-state index contributed by atoms with van der Waals surface area (Å²) in [6, 6.07) is 15.7. The van der Waals surface area contributed by atoms with Crippen molar-refractivity contribution in [1.82, 2.24) is 9.97 Å². The first-order chi connectivity index (χ1) is 8.74. The van der Waals surface area contributed by atoms with Gasteiger partial charge in [-0.25, -0.2) is 4.79 Å². The Morgan fingerprint density at radius 2 is 1.83 bits per heavy atom. The molecule has 3 heteroatoms. The van der Waals surface area contributed by atoms with Crippen LogP contribution in [0, 0.1) is 6.92 Å². The molecule has 0 saturated heterocycles. The number of hydrogen-bond acceptors (Lipinski definition) is 2. The van der Waals surface area contributed by atoms with E-state index in [2.05, 4.69) is 9.97 Å². The van der Waals surface area contributed by atoms with Crippen molar-refractivity contribution in [2.75, 3.05) is 0 Å². The first-order valence-corrected chi connectivity index (χ1v) is 5.80. The third-order valence-electron chi connectivity index (χ3n) is 2.93. The zero-order chi connectivity index (χ0) is 12.5. The molecule has 1 N–H and O–H groups in total. The molecule has 0 aliphatic carbocycles. The number of H-pyrrole nitrogens is 1. The molecule has 18 heavy (non-hydrogen) atoms. The first-order valence-electron chi connectivity index (χ1n) is 5.80. The molecule has 3 aromatic rings. The van der Waals surface area contributed by atoms with E-state index in [4.69, 9.17) is 0 Å². The van der Waals surface area contributed by atoms with Gasteiger partial charge in [0.05, 0.1) is 11.2 Å². The van der Waals surface area contributed by atoms with Crippen LogP contribution in [0.5, 0.6) is 0 Å². The Morgan fingerprint density at radius 1 is 1.06 bits per heavy atom. The van der Waals surface area contributed by atoms with Gasteiger partial charge in [-0.2, -0.15) is 4.98 Å². The summed E-state index contributed by atoms with van der Waals surface area (Å²) in [6.07, 6.45) is 0. The maximum absolute atomic E-state index is 11.6. The lowest BCUT2D eigenvalue weighted by Gasteiger charge is -2.06. The molecule has 0 bridgehead atoms. The van der Waals surface area contributed by atoms with Crippen LogP contribution in [0.3, 0.4) is 0 Å². The van der Waals surface area contributed by atoms with Crippen LogP contribution in [0.1, 0.15) is 5.56 Å². The van der Waals surface area contributed by atoms with Crippen LogP contribution in [0.2, 0.25) is 0 Å². The minimum absolute atomic E-state index is 0.315. The summed E-state index contributed by atoms with van der Waals surface area (Å²) in [6.45, 7) is 2.03. The highest BCUT2D eigenvalue weighted by atomic mass is 16.1. The number of aromatic nitrogens is 2. The number of benzene rings is 2. The van der Waals surface area contributed by atoms with Crippen molar-refractivity contribution in [2.24, 2.45) is 0 Å². The summed E-state index contributed by atoms with van der Waals surface area (Å²) in [5.41, 5.74) is 3.34. The van der Waals surface area contributed by atoms with Crippen molar-refractivity contribution in [3.8, 4) is 11.3 Å². The predicted molar refractivity (Wildman–Crippen MR) is 72.5 cm³/mol. The average molecular weight is 236 g/mol. The summed E-state index contributed by atoms with van der Waals surface area (Å²) < 4.78 is 0. The maximum atomic E-state index is 11.6. The molecule has 3 nitrogen and oxygen atoms in total. The fraction of sp³-hybridized carbons (Fsp3) is 0.0667. The van der Waals surface area contributed by atoms with Crippen LogP contribution in [0.4, 0.5) is 0 Å². The van der Waals surface area contributed by atoms with Gasteiger partial charge in [0, 0.05) is 10.9 Å². The van der Waals surface area contributed by atoms with E-state index in [1.54, 1.807) is 0 Å². The topological polar surface area (TPSA) is 45.8 Å². The van der Waals surface area contributed by atoms with E-state index in [1.807, 2.05) is 55.5 Å². The second-order valence-electron chi connectivity index (χ2n) is 4.31. The lowest BCUT2D eigenvalue weighted by molar-refractivity contribution is 1.12. The predicted octanol–water partition coefficient (Wildman–Crippen LogP) is 2.90. The number of nitrogens with zero attached hydrogens (tertiary/aromatic N) is 1.